The number of hydrogen-bond donors (Lipinski definition) is 0. The summed E-state index contributed by atoms with van der Waals surface area (Å²) < 4.78 is 11.6. The van der Waals surface area contributed by atoms with Gasteiger partial charge in [-0.1, -0.05) is 86.2 Å². The van der Waals surface area contributed by atoms with Crippen LogP contribution in [0.4, 0.5) is 4.79 Å². The largest absolute Gasteiger partial charge is 0.449 e. The highest BCUT2D eigenvalue weighted by Gasteiger charge is 2.49. The summed E-state index contributed by atoms with van der Waals surface area (Å²) in [5.41, 5.74) is 5.07. The highest BCUT2D eigenvalue weighted by Crippen LogP contribution is 2.35. The van der Waals surface area contributed by atoms with Gasteiger partial charge in [0.2, 0.25) is 0 Å². The van der Waals surface area contributed by atoms with Gasteiger partial charge in [0.1, 0.15) is 13.8 Å². The van der Waals surface area contributed by atoms with Gasteiger partial charge in [-0.3, -0.25) is 9.80 Å². The molecular formula is C31H44N2O3Si. The molecule has 0 aliphatic carbocycles. The molecule has 0 aromatic heterocycles. The van der Waals surface area contributed by atoms with Crippen LogP contribution in [0, 0.1) is 11.5 Å². The fraction of sp³-hybridized carbons (Fsp3) is 0.516. The molecule has 1 heterocycles. The number of rotatable bonds is 9. The van der Waals surface area contributed by atoms with E-state index in [0.717, 1.165) is 25.9 Å². The Hall–Kier alpha value is -2.59. The van der Waals surface area contributed by atoms with E-state index in [2.05, 4.69) is 96.7 Å². The highest BCUT2D eigenvalue weighted by molar-refractivity contribution is 6.83. The zero-order valence-electron chi connectivity index (χ0n) is 23.7. The summed E-state index contributed by atoms with van der Waals surface area (Å²) in [5, 5.41) is 0. The first-order valence-corrected chi connectivity index (χ1v) is 16.8. The van der Waals surface area contributed by atoms with E-state index in [1.54, 1.807) is 4.90 Å². The van der Waals surface area contributed by atoms with Gasteiger partial charge in [0.15, 0.2) is 0 Å². The van der Waals surface area contributed by atoms with Crippen molar-refractivity contribution in [3.8, 4) is 11.5 Å². The first-order chi connectivity index (χ1) is 17.4. The monoisotopic (exact) mass is 520 g/mol. The number of ether oxygens (including phenoxy) is 2. The van der Waals surface area contributed by atoms with Crippen LogP contribution in [-0.2, 0) is 22.6 Å². The lowest BCUT2D eigenvalue weighted by Gasteiger charge is -2.36. The van der Waals surface area contributed by atoms with Gasteiger partial charge in [-0.25, -0.2) is 4.79 Å². The minimum absolute atomic E-state index is 0.0637. The van der Waals surface area contributed by atoms with E-state index >= 15 is 0 Å². The SMILES string of the molecule is CC1(C)COC(C)(C)N1C(=O)OCCC[C@@H](C#C[Si](C)(C)C)N(Cc1ccccc1)Cc1ccccc1. The quantitative estimate of drug-likeness (QED) is 0.210. The van der Waals surface area contributed by atoms with Crippen molar-refractivity contribution in [3.05, 3.63) is 71.8 Å². The molecule has 1 fully saturated rings. The number of amides is 1. The molecule has 2 aromatic carbocycles. The Morgan fingerprint density at radius 2 is 1.54 bits per heavy atom. The van der Waals surface area contributed by atoms with Crippen LogP contribution in [0.5, 0.6) is 0 Å². The molecule has 0 spiro atoms. The smallest absolute Gasteiger partial charge is 0.412 e. The Morgan fingerprint density at radius 3 is 2.00 bits per heavy atom. The molecule has 1 saturated heterocycles. The van der Waals surface area contributed by atoms with Crippen molar-refractivity contribution in [2.24, 2.45) is 0 Å². The van der Waals surface area contributed by atoms with Gasteiger partial charge >= 0.3 is 6.09 Å². The third-order valence-corrected chi connectivity index (χ3v) is 7.36. The zero-order valence-corrected chi connectivity index (χ0v) is 24.7. The second-order valence-corrected chi connectivity index (χ2v) is 16.8. The predicted octanol–water partition coefficient (Wildman–Crippen LogP) is 6.70. The van der Waals surface area contributed by atoms with E-state index < -0.39 is 19.3 Å². The van der Waals surface area contributed by atoms with Crippen molar-refractivity contribution in [2.75, 3.05) is 13.2 Å². The molecular weight excluding hydrogens is 476 g/mol. The molecule has 6 heteroatoms. The maximum Gasteiger partial charge on any atom is 0.412 e. The summed E-state index contributed by atoms with van der Waals surface area (Å²) in [6, 6.07) is 21.2. The molecule has 200 valence electrons. The lowest BCUT2D eigenvalue weighted by molar-refractivity contribution is -0.0520. The summed E-state index contributed by atoms with van der Waals surface area (Å²) in [5.74, 6) is 3.64. The first-order valence-electron chi connectivity index (χ1n) is 13.3. The van der Waals surface area contributed by atoms with Crippen molar-refractivity contribution < 1.29 is 14.3 Å². The molecule has 2 aromatic rings. The Labute approximate surface area is 225 Å². The molecule has 0 radical (unpaired) electrons. The molecule has 0 N–H and O–H groups in total. The van der Waals surface area contributed by atoms with E-state index in [0.29, 0.717) is 13.2 Å². The van der Waals surface area contributed by atoms with Gasteiger partial charge in [-0.2, -0.15) is 0 Å². The Morgan fingerprint density at radius 1 is 1.00 bits per heavy atom. The molecule has 5 nitrogen and oxygen atoms in total. The number of hydrogen-bond acceptors (Lipinski definition) is 4. The van der Waals surface area contributed by atoms with Crippen LogP contribution < -0.4 is 0 Å². The maximum atomic E-state index is 13.0. The standard InChI is InChI=1S/C31H44N2O3Si/c1-30(2)25-36-31(3,4)33(30)29(34)35-21-14-19-28(20-22-37(5,6)7)32(23-26-15-10-8-11-16-26)24-27-17-12-9-13-18-27/h8-13,15-18,28H,14,19,21,23-25H2,1-7H3/t28-/m0/s1. The van der Waals surface area contributed by atoms with E-state index in [1.807, 2.05) is 27.7 Å². The number of benzene rings is 2. The minimum atomic E-state index is -1.56. The summed E-state index contributed by atoms with van der Waals surface area (Å²) in [6.45, 7) is 17.2. The Bertz CT molecular complexity index is 1010. The van der Waals surface area contributed by atoms with Gasteiger partial charge in [0.25, 0.3) is 0 Å². The van der Waals surface area contributed by atoms with E-state index in [9.17, 15) is 4.79 Å². The number of nitrogens with zero attached hydrogens (tertiary/aromatic N) is 2. The lowest BCUT2D eigenvalue weighted by Crippen LogP contribution is -2.52. The maximum absolute atomic E-state index is 13.0. The van der Waals surface area contributed by atoms with Crippen LogP contribution in [0.3, 0.4) is 0 Å². The van der Waals surface area contributed by atoms with E-state index in [4.69, 9.17) is 9.47 Å². The highest BCUT2D eigenvalue weighted by atomic mass is 28.3. The van der Waals surface area contributed by atoms with Crippen LogP contribution >= 0.6 is 0 Å². The van der Waals surface area contributed by atoms with Crippen molar-refractivity contribution in [1.29, 1.82) is 0 Å². The molecule has 0 bridgehead atoms. The minimum Gasteiger partial charge on any atom is -0.449 e. The van der Waals surface area contributed by atoms with Crippen molar-refractivity contribution in [2.45, 2.75) is 90.6 Å². The first kappa shape index (κ1) is 29.0. The number of carbonyl (C=O) groups is 1. The average Bonchev–Trinajstić information content (AvgIpc) is 3.05. The number of carbonyl (C=O) groups excluding carboxylic acids is 1. The van der Waals surface area contributed by atoms with E-state index in [-0.39, 0.29) is 12.1 Å². The van der Waals surface area contributed by atoms with Gasteiger partial charge < -0.3 is 9.47 Å². The summed E-state index contributed by atoms with van der Waals surface area (Å²) >= 11 is 0. The van der Waals surface area contributed by atoms with Crippen LogP contribution in [0.2, 0.25) is 19.6 Å². The second-order valence-electron chi connectivity index (χ2n) is 12.1. The predicted molar refractivity (Wildman–Crippen MR) is 154 cm³/mol. The third kappa shape index (κ3) is 8.74. The third-order valence-electron chi connectivity index (χ3n) is 6.46. The fourth-order valence-corrected chi connectivity index (χ4v) is 5.34. The normalized spacial score (nSPS) is 17.2. The Balaban J connectivity index is 1.73. The molecule has 0 unspecified atom stereocenters. The van der Waals surface area contributed by atoms with Crippen molar-refractivity contribution in [3.63, 3.8) is 0 Å². The average molecular weight is 521 g/mol. The molecule has 1 aliphatic heterocycles. The molecule has 1 aliphatic rings. The summed E-state index contributed by atoms with van der Waals surface area (Å²) in [6.07, 6.45) is 1.25. The van der Waals surface area contributed by atoms with Gasteiger partial charge in [-0.15, -0.1) is 5.54 Å². The Kier molecular flexibility index (Phi) is 9.63. The van der Waals surface area contributed by atoms with Crippen LogP contribution in [-0.4, -0.2) is 54.5 Å². The summed E-state index contributed by atoms with van der Waals surface area (Å²) in [7, 11) is -1.56. The molecule has 1 atom stereocenters. The second kappa shape index (κ2) is 12.3. The molecule has 3 rings (SSSR count). The van der Waals surface area contributed by atoms with Crippen LogP contribution in [0.25, 0.3) is 0 Å². The van der Waals surface area contributed by atoms with E-state index in [1.165, 1.54) is 11.1 Å². The molecule has 0 saturated carbocycles. The van der Waals surface area contributed by atoms with Crippen molar-refractivity contribution in [1.82, 2.24) is 9.80 Å². The molecule has 37 heavy (non-hydrogen) atoms. The fourth-order valence-electron chi connectivity index (χ4n) is 4.74. The van der Waals surface area contributed by atoms with Gasteiger partial charge in [0.05, 0.1) is 24.8 Å². The van der Waals surface area contributed by atoms with Gasteiger partial charge in [-0.05, 0) is 51.7 Å². The lowest BCUT2D eigenvalue weighted by atomic mass is 10.0. The van der Waals surface area contributed by atoms with Gasteiger partial charge in [0, 0.05) is 13.1 Å². The van der Waals surface area contributed by atoms with Crippen molar-refractivity contribution >= 4 is 14.2 Å². The van der Waals surface area contributed by atoms with Crippen LogP contribution in [0.1, 0.15) is 51.7 Å². The zero-order chi connectivity index (χ0) is 27.1. The topological polar surface area (TPSA) is 42.0 Å². The summed E-state index contributed by atoms with van der Waals surface area (Å²) in [4.78, 5) is 17.2. The van der Waals surface area contributed by atoms with Crippen LogP contribution in [0.15, 0.2) is 60.7 Å². The molecule has 1 amide bonds.